The number of rotatable bonds is 4. The highest BCUT2D eigenvalue weighted by molar-refractivity contribution is 7.12. The van der Waals surface area contributed by atoms with E-state index >= 15 is 0 Å². The van der Waals surface area contributed by atoms with Gasteiger partial charge in [0.15, 0.2) is 0 Å². The van der Waals surface area contributed by atoms with E-state index in [-0.39, 0.29) is 17.3 Å². The first-order chi connectivity index (χ1) is 9.88. The number of hydrogen-bond acceptors (Lipinski definition) is 5. The summed E-state index contributed by atoms with van der Waals surface area (Å²) in [6.45, 7) is 3.81. The molecule has 1 aromatic carbocycles. The molecule has 2 aromatic rings. The van der Waals surface area contributed by atoms with Gasteiger partial charge in [-0.15, -0.1) is 11.3 Å². The highest BCUT2D eigenvalue weighted by atomic mass is 32.1. The summed E-state index contributed by atoms with van der Waals surface area (Å²) in [6.07, 6.45) is 0. The Bertz CT molecular complexity index is 697. The first kappa shape index (κ1) is 15.0. The number of thiophene rings is 1. The Morgan fingerprint density at radius 2 is 2.10 bits per heavy atom. The van der Waals surface area contributed by atoms with Gasteiger partial charge in [-0.05, 0) is 38.1 Å². The van der Waals surface area contributed by atoms with Crippen molar-refractivity contribution in [2.45, 2.75) is 19.9 Å². The zero-order valence-electron chi connectivity index (χ0n) is 11.6. The van der Waals surface area contributed by atoms with Crippen molar-refractivity contribution in [1.29, 1.82) is 0 Å². The van der Waals surface area contributed by atoms with E-state index in [4.69, 9.17) is 5.73 Å². The summed E-state index contributed by atoms with van der Waals surface area (Å²) in [5.74, 6) is -0.507. The van der Waals surface area contributed by atoms with Crippen molar-refractivity contribution in [2.24, 2.45) is 0 Å². The fraction of sp³-hybridized carbons (Fsp3) is 0.214. The van der Waals surface area contributed by atoms with Crippen molar-refractivity contribution in [2.75, 3.05) is 5.73 Å². The predicted octanol–water partition coefficient (Wildman–Crippen LogP) is 3.04. The number of carbonyl (C=O) groups is 1. The topological polar surface area (TPSA) is 98.3 Å². The molecule has 7 heteroatoms. The SMILES string of the molecule is Cc1ccc(C(C)NC(=O)c2cc(N)ccc2[N+](=O)[O-])s1. The van der Waals surface area contributed by atoms with Crippen LogP contribution in [-0.4, -0.2) is 10.8 Å². The number of nitrogens with one attached hydrogen (secondary N) is 1. The maximum Gasteiger partial charge on any atom is 0.282 e. The van der Waals surface area contributed by atoms with Crippen molar-refractivity contribution in [1.82, 2.24) is 5.32 Å². The van der Waals surface area contributed by atoms with E-state index in [0.717, 1.165) is 9.75 Å². The van der Waals surface area contributed by atoms with E-state index in [1.54, 1.807) is 11.3 Å². The molecule has 110 valence electrons. The number of nitro groups is 1. The van der Waals surface area contributed by atoms with Gasteiger partial charge in [-0.3, -0.25) is 14.9 Å². The van der Waals surface area contributed by atoms with E-state index in [1.807, 2.05) is 26.0 Å². The number of carbonyl (C=O) groups excluding carboxylic acids is 1. The van der Waals surface area contributed by atoms with E-state index in [1.165, 1.54) is 18.2 Å². The zero-order valence-corrected chi connectivity index (χ0v) is 12.4. The van der Waals surface area contributed by atoms with Crippen LogP contribution >= 0.6 is 11.3 Å². The van der Waals surface area contributed by atoms with E-state index in [2.05, 4.69) is 5.32 Å². The van der Waals surface area contributed by atoms with Gasteiger partial charge in [0.2, 0.25) is 0 Å². The summed E-state index contributed by atoms with van der Waals surface area (Å²) in [5, 5.41) is 13.7. The molecule has 0 aliphatic carbocycles. The Kier molecular flexibility index (Phi) is 4.23. The Morgan fingerprint density at radius 1 is 1.38 bits per heavy atom. The lowest BCUT2D eigenvalue weighted by atomic mass is 10.1. The lowest BCUT2D eigenvalue weighted by Crippen LogP contribution is -2.26. The second-order valence-corrected chi connectivity index (χ2v) is 6.00. The van der Waals surface area contributed by atoms with Crippen LogP contribution in [0.25, 0.3) is 0 Å². The molecule has 2 rings (SSSR count). The number of anilines is 1. The number of nitrogen functional groups attached to an aromatic ring is 1. The van der Waals surface area contributed by atoms with Gasteiger partial charge in [0, 0.05) is 21.5 Å². The second-order valence-electron chi connectivity index (χ2n) is 4.68. The molecule has 0 bridgehead atoms. The molecule has 3 N–H and O–H groups in total. The van der Waals surface area contributed by atoms with Crippen LogP contribution in [0.15, 0.2) is 30.3 Å². The third-order valence-electron chi connectivity index (χ3n) is 3.00. The standard InChI is InChI=1S/C14H15N3O3S/c1-8-3-6-13(21-8)9(2)16-14(18)11-7-10(15)4-5-12(11)17(19)20/h3-7,9H,15H2,1-2H3,(H,16,18). The maximum absolute atomic E-state index is 12.2. The lowest BCUT2D eigenvalue weighted by molar-refractivity contribution is -0.385. The van der Waals surface area contributed by atoms with Crippen LogP contribution in [0.1, 0.15) is 33.1 Å². The average Bonchev–Trinajstić information content (AvgIpc) is 2.85. The molecular formula is C14H15N3O3S. The third kappa shape index (κ3) is 3.38. The molecule has 1 aromatic heterocycles. The summed E-state index contributed by atoms with van der Waals surface area (Å²) in [7, 11) is 0. The monoisotopic (exact) mass is 305 g/mol. The fourth-order valence-corrected chi connectivity index (χ4v) is 2.81. The van der Waals surface area contributed by atoms with Crippen molar-refractivity contribution in [3.05, 3.63) is 55.8 Å². The van der Waals surface area contributed by atoms with Gasteiger partial charge in [-0.25, -0.2) is 0 Å². The molecular weight excluding hydrogens is 290 g/mol. The van der Waals surface area contributed by atoms with Crippen LogP contribution in [0.5, 0.6) is 0 Å². The maximum atomic E-state index is 12.2. The van der Waals surface area contributed by atoms with Crippen LogP contribution in [-0.2, 0) is 0 Å². The van der Waals surface area contributed by atoms with Gasteiger partial charge < -0.3 is 11.1 Å². The van der Waals surface area contributed by atoms with E-state index < -0.39 is 10.8 Å². The number of nitrogens with two attached hydrogens (primary N) is 1. The number of amides is 1. The van der Waals surface area contributed by atoms with Gasteiger partial charge in [-0.1, -0.05) is 0 Å². The van der Waals surface area contributed by atoms with Crippen LogP contribution in [0, 0.1) is 17.0 Å². The van der Waals surface area contributed by atoms with Gasteiger partial charge in [0.25, 0.3) is 11.6 Å². The Hall–Kier alpha value is -2.41. The summed E-state index contributed by atoms with van der Waals surface area (Å²) in [6, 6.07) is 7.63. The van der Waals surface area contributed by atoms with Gasteiger partial charge >= 0.3 is 0 Å². The van der Waals surface area contributed by atoms with Crippen LogP contribution in [0.4, 0.5) is 11.4 Å². The molecule has 0 aliphatic heterocycles. The summed E-state index contributed by atoms with van der Waals surface area (Å²) >= 11 is 1.57. The van der Waals surface area contributed by atoms with Gasteiger partial charge in [0.1, 0.15) is 5.56 Å². The van der Waals surface area contributed by atoms with Gasteiger partial charge in [0.05, 0.1) is 11.0 Å². The van der Waals surface area contributed by atoms with Crippen LogP contribution in [0.3, 0.4) is 0 Å². The highest BCUT2D eigenvalue weighted by Crippen LogP contribution is 2.25. The number of nitrogens with zero attached hydrogens (tertiary/aromatic N) is 1. The molecule has 0 saturated heterocycles. The highest BCUT2D eigenvalue weighted by Gasteiger charge is 2.22. The van der Waals surface area contributed by atoms with Crippen molar-refractivity contribution in [3.8, 4) is 0 Å². The van der Waals surface area contributed by atoms with Crippen molar-refractivity contribution in [3.63, 3.8) is 0 Å². The smallest absolute Gasteiger partial charge is 0.282 e. The van der Waals surface area contributed by atoms with Crippen LogP contribution < -0.4 is 11.1 Å². The normalized spacial score (nSPS) is 11.9. The van der Waals surface area contributed by atoms with Crippen molar-refractivity contribution >= 4 is 28.6 Å². The quantitative estimate of drug-likeness (QED) is 0.515. The molecule has 6 nitrogen and oxygen atoms in total. The largest absolute Gasteiger partial charge is 0.399 e. The number of nitro benzene ring substituents is 1. The molecule has 1 unspecified atom stereocenters. The Morgan fingerprint density at radius 3 is 2.67 bits per heavy atom. The van der Waals surface area contributed by atoms with Crippen molar-refractivity contribution < 1.29 is 9.72 Å². The fourth-order valence-electron chi connectivity index (χ4n) is 1.93. The average molecular weight is 305 g/mol. The molecule has 0 radical (unpaired) electrons. The van der Waals surface area contributed by atoms with Crippen LogP contribution in [0.2, 0.25) is 0 Å². The van der Waals surface area contributed by atoms with Gasteiger partial charge in [-0.2, -0.15) is 0 Å². The molecule has 1 atom stereocenters. The lowest BCUT2D eigenvalue weighted by Gasteiger charge is -2.12. The Balaban J connectivity index is 2.24. The molecule has 21 heavy (non-hydrogen) atoms. The zero-order chi connectivity index (χ0) is 15.6. The number of benzene rings is 1. The first-order valence-corrected chi connectivity index (χ1v) is 7.11. The van der Waals surface area contributed by atoms with E-state index in [0.29, 0.717) is 5.69 Å². The molecule has 0 aliphatic rings. The minimum absolute atomic E-state index is 0.0277. The molecule has 1 amide bonds. The minimum atomic E-state index is -0.589. The third-order valence-corrected chi connectivity index (χ3v) is 4.18. The summed E-state index contributed by atoms with van der Waals surface area (Å²) in [5.41, 5.74) is 5.64. The molecule has 0 fully saturated rings. The molecule has 1 heterocycles. The first-order valence-electron chi connectivity index (χ1n) is 6.29. The second kappa shape index (κ2) is 5.92. The summed E-state index contributed by atoms with van der Waals surface area (Å²) in [4.78, 5) is 24.8. The predicted molar refractivity (Wildman–Crippen MR) is 82.4 cm³/mol. The summed E-state index contributed by atoms with van der Waals surface area (Å²) < 4.78 is 0. The minimum Gasteiger partial charge on any atom is -0.399 e. The number of aryl methyl sites for hydroxylation is 1. The Labute approximate surface area is 125 Å². The van der Waals surface area contributed by atoms with E-state index in [9.17, 15) is 14.9 Å². The number of hydrogen-bond donors (Lipinski definition) is 2. The molecule has 0 spiro atoms. The molecule has 0 saturated carbocycles.